The first-order valence-corrected chi connectivity index (χ1v) is 8.21. The van der Waals surface area contributed by atoms with Gasteiger partial charge in [0.05, 0.1) is 0 Å². The van der Waals surface area contributed by atoms with E-state index in [-0.39, 0.29) is 0 Å². The van der Waals surface area contributed by atoms with Gasteiger partial charge < -0.3 is 10.2 Å². The summed E-state index contributed by atoms with van der Waals surface area (Å²) in [5, 5.41) is 3.63. The summed E-state index contributed by atoms with van der Waals surface area (Å²) in [5.41, 5.74) is 0. The van der Waals surface area contributed by atoms with Crippen LogP contribution >= 0.6 is 11.8 Å². The summed E-state index contributed by atoms with van der Waals surface area (Å²) in [4.78, 5) is 2.71. The first-order valence-electron chi connectivity index (χ1n) is 7.23. The molecule has 0 aromatic heterocycles. The first kappa shape index (κ1) is 13.7. The fourth-order valence-corrected chi connectivity index (χ4v) is 4.72. The van der Waals surface area contributed by atoms with Crippen molar-refractivity contribution in [3.05, 3.63) is 0 Å². The third-order valence-corrected chi connectivity index (χ3v) is 5.84. The summed E-state index contributed by atoms with van der Waals surface area (Å²) in [6.07, 6.45) is 4.17. The number of rotatable bonds is 4. The van der Waals surface area contributed by atoms with Gasteiger partial charge in [-0.05, 0) is 50.9 Å². The van der Waals surface area contributed by atoms with Gasteiger partial charge in [-0.1, -0.05) is 13.8 Å². The largest absolute Gasteiger partial charge is 0.314 e. The van der Waals surface area contributed by atoms with Crippen molar-refractivity contribution in [2.75, 3.05) is 31.9 Å². The fraction of sp³-hybridized carbons (Fsp3) is 1.00. The van der Waals surface area contributed by atoms with Crippen LogP contribution in [0.5, 0.6) is 0 Å². The lowest BCUT2D eigenvalue weighted by Crippen LogP contribution is -2.51. The van der Waals surface area contributed by atoms with Gasteiger partial charge in [0, 0.05) is 23.9 Å². The summed E-state index contributed by atoms with van der Waals surface area (Å²) in [5.74, 6) is 2.18. The number of likely N-dealkylation sites (tertiary alicyclic amines) is 1. The standard InChI is InChI=1S/C14H28N2S/c1-4-15-13-6-8-16(10-12(13)2)11-14(3)7-5-9-17-14/h12-13,15H,4-11H2,1-3H3. The van der Waals surface area contributed by atoms with Gasteiger partial charge in [0.15, 0.2) is 0 Å². The van der Waals surface area contributed by atoms with Gasteiger partial charge in [-0.25, -0.2) is 0 Å². The van der Waals surface area contributed by atoms with Gasteiger partial charge in [0.1, 0.15) is 0 Å². The fourth-order valence-electron chi connectivity index (χ4n) is 3.38. The molecule has 2 aliphatic heterocycles. The van der Waals surface area contributed by atoms with E-state index < -0.39 is 0 Å². The van der Waals surface area contributed by atoms with Gasteiger partial charge >= 0.3 is 0 Å². The van der Waals surface area contributed by atoms with E-state index in [1.54, 1.807) is 0 Å². The number of nitrogens with one attached hydrogen (secondary N) is 1. The Morgan fingerprint density at radius 3 is 2.88 bits per heavy atom. The molecule has 0 aromatic carbocycles. The third kappa shape index (κ3) is 3.62. The van der Waals surface area contributed by atoms with Crippen molar-refractivity contribution in [1.29, 1.82) is 0 Å². The van der Waals surface area contributed by atoms with Crippen LogP contribution in [0.15, 0.2) is 0 Å². The molecule has 2 aliphatic rings. The molecule has 2 rings (SSSR count). The van der Waals surface area contributed by atoms with Crippen LogP contribution in [0, 0.1) is 5.92 Å². The van der Waals surface area contributed by atoms with E-state index in [0.717, 1.165) is 18.5 Å². The van der Waals surface area contributed by atoms with Crippen molar-refractivity contribution in [2.24, 2.45) is 5.92 Å². The molecule has 0 aromatic rings. The lowest BCUT2D eigenvalue weighted by molar-refractivity contribution is 0.138. The smallest absolute Gasteiger partial charge is 0.0259 e. The molecule has 3 atom stereocenters. The Balaban J connectivity index is 1.80. The summed E-state index contributed by atoms with van der Waals surface area (Å²) < 4.78 is 0.546. The summed E-state index contributed by atoms with van der Waals surface area (Å²) in [6.45, 7) is 12.1. The average Bonchev–Trinajstić information content (AvgIpc) is 2.69. The van der Waals surface area contributed by atoms with Gasteiger partial charge in [-0.2, -0.15) is 11.8 Å². The highest BCUT2D eigenvalue weighted by molar-refractivity contribution is 8.00. The molecule has 0 radical (unpaired) electrons. The summed E-state index contributed by atoms with van der Waals surface area (Å²) >= 11 is 2.19. The average molecular weight is 256 g/mol. The van der Waals surface area contributed by atoms with Crippen LogP contribution in [0.3, 0.4) is 0 Å². The number of nitrogens with zero attached hydrogens (tertiary/aromatic N) is 1. The molecular formula is C14H28N2S. The van der Waals surface area contributed by atoms with E-state index in [0.29, 0.717) is 4.75 Å². The minimum atomic E-state index is 0.546. The predicted octanol–water partition coefficient (Wildman–Crippen LogP) is 2.59. The van der Waals surface area contributed by atoms with Gasteiger partial charge in [0.25, 0.3) is 0 Å². The van der Waals surface area contributed by atoms with E-state index in [4.69, 9.17) is 0 Å². The highest BCUT2D eigenvalue weighted by Crippen LogP contribution is 2.38. The molecule has 0 saturated carbocycles. The molecule has 3 heteroatoms. The molecule has 0 aliphatic carbocycles. The second-order valence-corrected chi connectivity index (χ2v) is 7.75. The molecule has 3 unspecified atom stereocenters. The lowest BCUT2D eigenvalue weighted by Gasteiger charge is -2.40. The Kier molecular flexibility index (Phi) is 4.79. The van der Waals surface area contributed by atoms with Crippen molar-refractivity contribution in [3.8, 4) is 0 Å². The van der Waals surface area contributed by atoms with E-state index in [9.17, 15) is 0 Å². The number of hydrogen-bond acceptors (Lipinski definition) is 3. The van der Waals surface area contributed by atoms with Crippen molar-refractivity contribution < 1.29 is 0 Å². The van der Waals surface area contributed by atoms with Gasteiger partial charge in [-0.3, -0.25) is 0 Å². The maximum absolute atomic E-state index is 3.63. The van der Waals surface area contributed by atoms with Crippen LogP contribution < -0.4 is 5.32 Å². The Morgan fingerprint density at radius 2 is 2.29 bits per heavy atom. The Hall–Kier alpha value is 0.270. The maximum Gasteiger partial charge on any atom is 0.0259 e. The van der Waals surface area contributed by atoms with E-state index in [1.165, 1.54) is 44.6 Å². The molecule has 1 N–H and O–H groups in total. The van der Waals surface area contributed by atoms with Crippen molar-refractivity contribution in [2.45, 2.75) is 50.8 Å². The predicted molar refractivity (Wildman–Crippen MR) is 77.8 cm³/mol. The number of piperidine rings is 1. The van der Waals surface area contributed by atoms with Crippen LogP contribution in [0.25, 0.3) is 0 Å². The Labute approximate surface area is 111 Å². The monoisotopic (exact) mass is 256 g/mol. The second kappa shape index (κ2) is 5.94. The second-order valence-electron chi connectivity index (χ2n) is 6.07. The number of hydrogen-bond donors (Lipinski definition) is 1. The summed E-state index contributed by atoms with van der Waals surface area (Å²) in [6, 6.07) is 0.750. The normalized spacial score (nSPS) is 39.7. The topological polar surface area (TPSA) is 15.3 Å². The Bertz CT molecular complexity index is 238. The highest BCUT2D eigenvalue weighted by Gasteiger charge is 2.34. The number of thioether (sulfide) groups is 1. The molecule has 0 amide bonds. The maximum atomic E-state index is 3.63. The van der Waals surface area contributed by atoms with E-state index >= 15 is 0 Å². The molecule has 0 spiro atoms. The molecule has 2 saturated heterocycles. The van der Waals surface area contributed by atoms with Crippen LogP contribution in [-0.2, 0) is 0 Å². The zero-order valence-electron chi connectivity index (χ0n) is 11.7. The zero-order chi connectivity index (χ0) is 12.3. The first-order chi connectivity index (χ1) is 8.13. The lowest BCUT2D eigenvalue weighted by atomic mass is 9.92. The van der Waals surface area contributed by atoms with Crippen molar-refractivity contribution in [3.63, 3.8) is 0 Å². The van der Waals surface area contributed by atoms with Gasteiger partial charge in [-0.15, -0.1) is 0 Å². The molecule has 100 valence electrons. The van der Waals surface area contributed by atoms with Crippen LogP contribution in [-0.4, -0.2) is 47.6 Å². The molecule has 17 heavy (non-hydrogen) atoms. The zero-order valence-corrected chi connectivity index (χ0v) is 12.5. The van der Waals surface area contributed by atoms with Crippen LogP contribution in [0.4, 0.5) is 0 Å². The molecule has 2 heterocycles. The van der Waals surface area contributed by atoms with Crippen molar-refractivity contribution >= 4 is 11.8 Å². The van der Waals surface area contributed by atoms with E-state index in [2.05, 4.69) is 42.7 Å². The van der Waals surface area contributed by atoms with Crippen molar-refractivity contribution in [1.82, 2.24) is 10.2 Å². The molecule has 2 fully saturated rings. The summed E-state index contributed by atoms with van der Waals surface area (Å²) in [7, 11) is 0. The molecule has 2 nitrogen and oxygen atoms in total. The highest BCUT2D eigenvalue weighted by atomic mass is 32.2. The van der Waals surface area contributed by atoms with E-state index in [1.807, 2.05) is 0 Å². The minimum absolute atomic E-state index is 0.546. The van der Waals surface area contributed by atoms with Crippen LogP contribution in [0.2, 0.25) is 0 Å². The quantitative estimate of drug-likeness (QED) is 0.832. The Morgan fingerprint density at radius 1 is 1.47 bits per heavy atom. The minimum Gasteiger partial charge on any atom is -0.314 e. The third-order valence-electron chi connectivity index (χ3n) is 4.31. The SMILES string of the molecule is CCNC1CCN(CC2(C)CCCS2)CC1C. The van der Waals surface area contributed by atoms with Gasteiger partial charge in [0.2, 0.25) is 0 Å². The molecule has 0 bridgehead atoms. The van der Waals surface area contributed by atoms with Crippen LogP contribution in [0.1, 0.15) is 40.0 Å². The molecular weight excluding hydrogens is 228 g/mol.